The molecule has 2 aromatic rings. The molecule has 1 aromatic carbocycles. The van der Waals surface area contributed by atoms with Gasteiger partial charge in [-0.15, -0.1) is 0 Å². The smallest absolute Gasteiger partial charge is 0.126 e. The molecule has 1 atom stereocenters. The van der Waals surface area contributed by atoms with Gasteiger partial charge < -0.3 is 15.0 Å². The van der Waals surface area contributed by atoms with Crippen molar-refractivity contribution in [2.24, 2.45) is 0 Å². The first-order valence-corrected chi connectivity index (χ1v) is 6.71. The third-order valence-corrected chi connectivity index (χ3v) is 3.45. The monoisotopic (exact) mass is 257 g/mol. The predicted octanol–water partition coefficient (Wildman–Crippen LogP) is 1.98. The van der Waals surface area contributed by atoms with Crippen LogP contribution < -0.4 is 5.32 Å². The van der Waals surface area contributed by atoms with Crippen LogP contribution in [0.4, 0.5) is 5.82 Å². The number of anilines is 1. The molecule has 100 valence electrons. The van der Waals surface area contributed by atoms with Crippen LogP contribution in [0.25, 0.3) is 10.9 Å². The minimum absolute atomic E-state index is 0.243. The molecular weight excluding hydrogens is 238 g/mol. The highest BCUT2D eigenvalue weighted by atomic mass is 16.5. The Balaban J connectivity index is 1.64. The zero-order valence-electron chi connectivity index (χ0n) is 11.2. The molecule has 0 amide bonds. The number of pyridine rings is 1. The summed E-state index contributed by atoms with van der Waals surface area (Å²) in [5.74, 6) is 0.913. The number of nitrogens with one attached hydrogen (secondary N) is 1. The van der Waals surface area contributed by atoms with Crippen LogP contribution in [0.2, 0.25) is 0 Å². The van der Waals surface area contributed by atoms with Crippen LogP contribution in [0.1, 0.15) is 0 Å². The van der Waals surface area contributed by atoms with E-state index in [0.717, 1.165) is 37.6 Å². The number of morpholine rings is 1. The van der Waals surface area contributed by atoms with E-state index in [1.807, 2.05) is 24.3 Å². The number of likely N-dealkylation sites (N-methyl/N-ethyl adjacent to an activating group) is 1. The highest BCUT2D eigenvalue weighted by Gasteiger charge is 2.17. The summed E-state index contributed by atoms with van der Waals surface area (Å²) in [5, 5.41) is 4.53. The van der Waals surface area contributed by atoms with Gasteiger partial charge in [0.05, 0.1) is 18.2 Å². The van der Waals surface area contributed by atoms with E-state index in [1.165, 1.54) is 5.39 Å². The summed E-state index contributed by atoms with van der Waals surface area (Å²) < 4.78 is 5.73. The Morgan fingerprint density at radius 3 is 3.11 bits per heavy atom. The van der Waals surface area contributed by atoms with Crippen molar-refractivity contribution < 1.29 is 4.74 Å². The molecule has 1 unspecified atom stereocenters. The van der Waals surface area contributed by atoms with Gasteiger partial charge in [-0.05, 0) is 25.2 Å². The number of rotatable bonds is 3. The molecular formula is C15H19N3O. The first-order chi connectivity index (χ1) is 9.31. The van der Waals surface area contributed by atoms with Crippen molar-refractivity contribution in [1.82, 2.24) is 9.88 Å². The van der Waals surface area contributed by atoms with Crippen molar-refractivity contribution in [3.63, 3.8) is 0 Å². The minimum atomic E-state index is 0.243. The fourth-order valence-electron chi connectivity index (χ4n) is 2.37. The lowest BCUT2D eigenvalue weighted by atomic mass is 10.2. The van der Waals surface area contributed by atoms with Crippen molar-refractivity contribution in [2.75, 3.05) is 38.6 Å². The van der Waals surface area contributed by atoms with E-state index in [9.17, 15) is 0 Å². The summed E-state index contributed by atoms with van der Waals surface area (Å²) in [6, 6.07) is 12.3. The number of hydrogen-bond donors (Lipinski definition) is 1. The normalized spacial score (nSPS) is 20.6. The lowest BCUT2D eigenvalue weighted by Gasteiger charge is -2.30. The molecule has 0 bridgehead atoms. The first kappa shape index (κ1) is 12.4. The predicted molar refractivity (Wildman–Crippen MR) is 77.5 cm³/mol. The van der Waals surface area contributed by atoms with Gasteiger partial charge >= 0.3 is 0 Å². The number of fused-ring (bicyclic) bond motifs is 1. The Morgan fingerprint density at radius 1 is 1.32 bits per heavy atom. The first-order valence-electron chi connectivity index (χ1n) is 6.71. The number of nitrogens with zero attached hydrogens (tertiary/aromatic N) is 2. The summed E-state index contributed by atoms with van der Waals surface area (Å²) in [6.45, 7) is 3.61. The van der Waals surface area contributed by atoms with E-state index in [1.54, 1.807) is 0 Å². The van der Waals surface area contributed by atoms with Crippen LogP contribution in [-0.4, -0.2) is 49.3 Å². The lowest BCUT2D eigenvalue weighted by Crippen LogP contribution is -2.43. The van der Waals surface area contributed by atoms with Crippen molar-refractivity contribution in [3.05, 3.63) is 36.4 Å². The molecule has 1 saturated heterocycles. The number of aromatic nitrogens is 1. The average Bonchev–Trinajstić information content (AvgIpc) is 2.45. The Hall–Kier alpha value is -1.65. The fourth-order valence-corrected chi connectivity index (χ4v) is 2.37. The van der Waals surface area contributed by atoms with Crippen molar-refractivity contribution in [1.29, 1.82) is 0 Å². The molecule has 1 fully saturated rings. The molecule has 0 spiro atoms. The summed E-state index contributed by atoms with van der Waals surface area (Å²) in [4.78, 5) is 6.89. The maximum absolute atomic E-state index is 5.73. The van der Waals surface area contributed by atoms with E-state index in [0.29, 0.717) is 0 Å². The number of ether oxygens (including phenoxy) is 1. The van der Waals surface area contributed by atoms with Crippen molar-refractivity contribution >= 4 is 16.7 Å². The van der Waals surface area contributed by atoms with Crippen LogP contribution in [0.15, 0.2) is 36.4 Å². The highest BCUT2D eigenvalue weighted by molar-refractivity contribution is 5.80. The minimum Gasteiger partial charge on any atom is -0.374 e. The topological polar surface area (TPSA) is 37.4 Å². The summed E-state index contributed by atoms with van der Waals surface area (Å²) in [7, 11) is 2.13. The molecule has 1 aliphatic heterocycles. The Kier molecular flexibility index (Phi) is 3.62. The number of benzene rings is 1. The second-order valence-corrected chi connectivity index (χ2v) is 5.03. The fraction of sp³-hybridized carbons (Fsp3) is 0.400. The quantitative estimate of drug-likeness (QED) is 0.912. The van der Waals surface area contributed by atoms with Crippen LogP contribution in [0, 0.1) is 0 Å². The van der Waals surface area contributed by atoms with Crippen LogP contribution in [-0.2, 0) is 4.74 Å². The Labute approximate surface area is 113 Å². The molecule has 1 aliphatic rings. The van der Waals surface area contributed by atoms with Crippen LogP contribution in [0.3, 0.4) is 0 Å². The second kappa shape index (κ2) is 5.55. The molecule has 1 aromatic heterocycles. The molecule has 0 aliphatic carbocycles. The van der Waals surface area contributed by atoms with Crippen LogP contribution in [0.5, 0.6) is 0 Å². The largest absolute Gasteiger partial charge is 0.374 e. The van der Waals surface area contributed by atoms with Gasteiger partial charge in [-0.25, -0.2) is 4.98 Å². The summed E-state index contributed by atoms with van der Waals surface area (Å²) in [6.07, 6.45) is 0.243. The molecule has 1 N–H and O–H groups in total. The van der Waals surface area contributed by atoms with Crippen molar-refractivity contribution in [3.8, 4) is 0 Å². The van der Waals surface area contributed by atoms with Gasteiger partial charge in [0, 0.05) is 25.0 Å². The second-order valence-electron chi connectivity index (χ2n) is 5.03. The Bertz CT molecular complexity index is 558. The molecule has 3 rings (SSSR count). The molecule has 19 heavy (non-hydrogen) atoms. The van der Waals surface area contributed by atoms with E-state index in [2.05, 4.69) is 34.4 Å². The van der Waals surface area contributed by atoms with E-state index >= 15 is 0 Å². The third-order valence-electron chi connectivity index (χ3n) is 3.45. The zero-order valence-corrected chi connectivity index (χ0v) is 11.2. The average molecular weight is 257 g/mol. The zero-order chi connectivity index (χ0) is 13.1. The van der Waals surface area contributed by atoms with Crippen molar-refractivity contribution in [2.45, 2.75) is 6.10 Å². The molecule has 4 heteroatoms. The third kappa shape index (κ3) is 3.03. The van der Waals surface area contributed by atoms with Gasteiger partial charge in [0.2, 0.25) is 0 Å². The number of para-hydroxylation sites is 1. The number of hydrogen-bond acceptors (Lipinski definition) is 4. The Morgan fingerprint density at radius 2 is 2.21 bits per heavy atom. The molecule has 0 saturated carbocycles. The van der Waals surface area contributed by atoms with E-state index in [4.69, 9.17) is 4.74 Å². The van der Waals surface area contributed by atoms with E-state index in [-0.39, 0.29) is 6.10 Å². The maximum Gasteiger partial charge on any atom is 0.126 e. The van der Waals surface area contributed by atoms with Gasteiger partial charge in [-0.1, -0.05) is 18.2 Å². The van der Waals surface area contributed by atoms with E-state index < -0.39 is 0 Å². The highest BCUT2D eigenvalue weighted by Crippen LogP contribution is 2.14. The van der Waals surface area contributed by atoms with Gasteiger partial charge in [0.1, 0.15) is 5.82 Å². The summed E-state index contributed by atoms with van der Waals surface area (Å²) >= 11 is 0. The summed E-state index contributed by atoms with van der Waals surface area (Å²) in [5.41, 5.74) is 1.02. The lowest BCUT2D eigenvalue weighted by molar-refractivity contribution is -0.0117. The van der Waals surface area contributed by atoms with Gasteiger partial charge in [-0.3, -0.25) is 0 Å². The van der Waals surface area contributed by atoms with Crippen LogP contribution >= 0.6 is 0 Å². The van der Waals surface area contributed by atoms with Gasteiger partial charge in [0.15, 0.2) is 0 Å². The molecule has 4 nitrogen and oxygen atoms in total. The SMILES string of the molecule is CN1CCOC(CNc2ccc3ccccc3n2)C1. The molecule has 0 radical (unpaired) electrons. The maximum atomic E-state index is 5.73. The molecule has 2 heterocycles. The van der Waals surface area contributed by atoms with Gasteiger partial charge in [0.25, 0.3) is 0 Å². The standard InChI is InChI=1S/C15H19N3O/c1-18-8-9-19-13(11-18)10-16-15-7-6-12-4-2-3-5-14(12)17-15/h2-7,13H,8-11H2,1H3,(H,16,17). The van der Waals surface area contributed by atoms with Gasteiger partial charge in [-0.2, -0.15) is 0 Å².